The van der Waals surface area contributed by atoms with Crippen molar-refractivity contribution in [3.05, 3.63) is 30.3 Å². The third-order valence-corrected chi connectivity index (χ3v) is 5.20. The van der Waals surface area contributed by atoms with Crippen LogP contribution in [0.15, 0.2) is 35.2 Å². The molecule has 1 N–H and O–H groups in total. The van der Waals surface area contributed by atoms with Gasteiger partial charge >= 0.3 is 5.97 Å². The molecule has 2 rings (SSSR count). The lowest BCUT2D eigenvalue weighted by Crippen LogP contribution is -2.34. The van der Waals surface area contributed by atoms with Crippen molar-refractivity contribution >= 4 is 16.0 Å². The molecule has 0 radical (unpaired) electrons. The molecule has 1 aromatic rings. The number of carboxylic acid groups (broad SMARTS) is 1. The Kier molecular flexibility index (Phi) is 3.16. The average Bonchev–Trinajstić information content (AvgIpc) is 2.75. The molecule has 1 aliphatic rings. The molecule has 0 aromatic heterocycles. The molecule has 1 heterocycles. The van der Waals surface area contributed by atoms with Crippen LogP contribution in [0.2, 0.25) is 0 Å². The summed E-state index contributed by atoms with van der Waals surface area (Å²) in [6.07, 6.45) is 0.342. The molecule has 0 spiro atoms. The number of hydrogen-bond acceptors (Lipinski definition) is 3. The fourth-order valence-corrected chi connectivity index (χ4v) is 3.63. The Labute approximate surface area is 106 Å². The van der Waals surface area contributed by atoms with E-state index < -0.39 is 21.4 Å². The van der Waals surface area contributed by atoms with Crippen molar-refractivity contribution in [2.24, 2.45) is 5.41 Å². The van der Waals surface area contributed by atoms with Crippen LogP contribution in [-0.4, -0.2) is 36.9 Å². The third kappa shape index (κ3) is 2.13. The number of hydrogen-bond donors (Lipinski definition) is 1. The van der Waals surface area contributed by atoms with E-state index in [1.165, 1.54) is 16.4 Å². The second-order valence-corrected chi connectivity index (χ2v) is 6.71. The van der Waals surface area contributed by atoms with Gasteiger partial charge in [0.25, 0.3) is 0 Å². The maximum atomic E-state index is 12.3. The van der Waals surface area contributed by atoms with Gasteiger partial charge in [0.15, 0.2) is 0 Å². The van der Waals surface area contributed by atoms with E-state index in [4.69, 9.17) is 5.11 Å². The van der Waals surface area contributed by atoms with Gasteiger partial charge in [0.1, 0.15) is 0 Å². The quantitative estimate of drug-likeness (QED) is 0.894. The van der Waals surface area contributed by atoms with E-state index in [0.717, 1.165) is 0 Å². The first-order valence-corrected chi connectivity index (χ1v) is 7.09. The van der Waals surface area contributed by atoms with E-state index >= 15 is 0 Å². The second kappa shape index (κ2) is 4.37. The highest BCUT2D eigenvalue weighted by molar-refractivity contribution is 7.89. The van der Waals surface area contributed by atoms with Crippen molar-refractivity contribution in [3.8, 4) is 0 Å². The molecular weight excluding hydrogens is 254 g/mol. The summed E-state index contributed by atoms with van der Waals surface area (Å²) in [5, 5.41) is 9.11. The van der Waals surface area contributed by atoms with Crippen LogP contribution in [-0.2, 0) is 14.8 Å². The lowest BCUT2D eigenvalue weighted by atomic mass is 9.90. The van der Waals surface area contributed by atoms with Crippen LogP contribution >= 0.6 is 0 Å². The van der Waals surface area contributed by atoms with Crippen LogP contribution in [0.1, 0.15) is 13.3 Å². The standard InChI is InChI=1S/C12H15NO4S/c1-12(11(14)15)7-8-13(9-12)18(16,17)10-5-3-2-4-6-10/h2-6H,7-9H2,1H3,(H,14,15). The van der Waals surface area contributed by atoms with Crippen molar-refractivity contribution in [3.63, 3.8) is 0 Å². The van der Waals surface area contributed by atoms with E-state index in [1.54, 1.807) is 25.1 Å². The van der Waals surface area contributed by atoms with Crippen molar-refractivity contribution in [1.82, 2.24) is 4.31 Å². The SMILES string of the molecule is CC1(C(=O)O)CCN(S(=O)(=O)c2ccccc2)C1. The molecule has 0 bridgehead atoms. The highest BCUT2D eigenvalue weighted by atomic mass is 32.2. The predicted molar refractivity (Wildman–Crippen MR) is 65.6 cm³/mol. The number of nitrogens with zero attached hydrogens (tertiary/aromatic N) is 1. The van der Waals surface area contributed by atoms with Gasteiger partial charge in [-0.15, -0.1) is 0 Å². The molecule has 5 nitrogen and oxygen atoms in total. The van der Waals surface area contributed by atoms with Crippen molar-refractivity contribution < 1.29 is 18.3 Å². The van der Waals surface area contributed by atoms with Crippen LogP contribution in [0, 0.1) is 5.41 Å². The summed E-state index contributed by atoms with van der Waals surface area (Å²) in [6.45, 7) is 1.86. The van der Waals surface area contributed by atoms with Gasteiger partial charge in [0, 0.05) is 13.1 Å². The molecule has 1 aliphatic heterocycles. The van der Waals surface area contributed by atoms with Gasteiger partial charge < -0.3 is 5.11 Å². The third-order valence-electron chi connectivity index (χ3n) is 3.34. The molecule has 6 heteroatoms. The van der Waals surface area contributed by atoms with Crippen molar-refractivity contribution in [1.29, 1.82) is 0 Å². The zero-order valence-corrected chi connectivity index (χ0v) is 10.9. The number of carbonyl (C=O) groups is 1. The topological polar surface area (TPSA) is 74.7 Å². The number of rotatable bonds is 3. The summed E-state index contributed by atoms with van der Waals surface area (Å²) in [7, 11) is -3.57. The molecule has 1 aromatic carbocycles. The Bertz CT molecular complexity index is 555. The monoisotopic (exact) mass is 269 g/mol. The molecule has 1 saturated heterocycles. The Balaban J connectivity index is 2.27. The van der Waals surface area contributed by atoms with Gasteiger partial charge in [0.2, 0.25) is 10.0 Å². The minimum atomic E-state index is -3.57. The number of aliphatic carboxylic acids is 1. The molecule has 98 valence electrons. The van der Waals surface area contributed by atoms with E-state index in [1.807, 2.05) is 0 Å². The van der Waals surface area contributed by atoms with E-state index in [9.17, 15) is 13.2 Å². The number of benzene rings is 1. The number of carboxylic acids is 1. The van der Waals surface area contributed by atoms with Gasteiger partial charge in [-0.1, -0.05) is 18.2 Å². The highest BCUT2D eigenvalue weighted by Gasteiger charge is 2.44. The Hall–Kier alpha value is -1.40. The predicted octanol–water partition coefficient (Wildman–Crippen LogP) is 1.17. The summed E-state index contributed by atoms with van der Waals surface area (Å²) < 4.78 is 25.8. The van der Waals surface area contributed by atoms with Crippen LogP contribution in [0.4, 0.5) is 0 Å². The smallest absolute Gasteiger partial charge is 0.310 e. The fraction of sp³-hybridized carbons (Fsp3) is 0.417. The zero-order valence-electron chi connectivity index (χ0n) is 10.0. The summed E-state index contributed by atoms with van der Waals surface area (Å²) in [5.41, 5.74) is -0.984. The Morgan fingerprint density at radius 2 is 1.94 bits per heavy atom. The van der Waals surface area contributed by atoms with E-state index in [0.29, 0.717) is 6.42 Å². The minimum absolute atomic E-state index is 0.0273. The van der Waals surface area contributed by atoms with Crippen LogP contribution in [0.25, 0.3) is 0 Å². The summed E-state index contributed by atoms with van der Waals surface area (Å²) >= 11 is 0. The average molecular weight is 269 g/mol. The van der Waals surface area contributed by atoms with E-state index in [2.05, 4.69) is 0 Å². The van der Waals surface area contributed by atoms with E-state index in [-0.39, 0.29) is 18.0 Å². The minimum Gasteiger partial charge on any atom is -0.481 e. The molecule has 1 unspecified atom stereocenters. The molecular formula is C12H15NO4S. The summed E-state index contributed by atoms with van der Waals surface area (Å²) in [4.78, 5) is 11.3. The highest BCUT2D eigenvalue weighted by Crippen LogP contribution is 2.33. The van der Waals surface area contributed by atoms with Gasteiger partial charge in [-0.25, -0.2) is 8.42 Å². The van der Waals surface area contributed by atoms with Gasteiger partial charge in [-0.2, -0.15) is 4.31 Å². The lowest BCUT2D eigenvalue weighted by molar-refractivity contribution is -0.146. The molecule has 1 fully saturated rings. The fourth-order valence-electron chi connectivity index (χ4n) is 2.04. The van der Waals surface area contributed by atoms with Gasteiger partial charge in [0.05, 0.1) is 10.3 Å². The summed E-state index contributed by atoms with van der Waals surface area (Å²) in [6, 6.07) is 8.08. The first-order valence-electron chi connectivity index (χ1n) is 5.65. The molecule has 18 heavy (non-hydrogen) atoms. The van der Waals surface area contributed by atoms with Crippen molar-refractivity contribution in [2.75, 3.05) is 13.1 Å². The molecule has 0 aliphatic carbocycles. The van der Waals surface area contributed by atoms with Crippen LogP contribution in [0.5, 0.6) is 0 Å². The first-order chi connectivity index (χ1) is 8.36. The number of sulfonamides is 1. The Morgan fingerprint density at radius 1 is 1.33 bits per heavy atom. The Morgan fingerprint density at radius 3 is 2.44 bits per heavy atom. The van der Waals surface area contributed by atoms with Crippen molar-refractivity contribution in [2.45, 2.75) is 18.2 Å². The van der Waals surface area contributed by atoms with Gasteiger partial charge in [-0.3, -0.25) is 4.79 Å². The molecule has 1 atom stereocenters. The summed E-state index contributed by atoms with van der Waals surface area (Å²) in [5.74, 6) is -0.951. The maximum Gasteiger partial charge on any atom is 0.310 e. The zero-order chi connectivity index (χ0) is 13.4. The first kappa shape index (κ1) is 13.0. The van der Waals surface area contributed by atoms with Crippen LogP contribution in [0.3, 0.4) is 0 Å². The van der Waals surface area contributed by atoms with Crippen LogP contribution < -0.4 is 0 Å². The van der Waals surface area contributed by atoms with Gasteiger partial charge in [-0.05, 0) is 25.5 Å². The molecule has 0 saturated carbocycles. The second-order valence-electron chi connectivity index (χ2n) is 4.77. The molecule has 0 amide bonds. The lowest BCUT2D eigenvalue weighted by Gasteiger charge is -2.20. The largest absolute Gasteiger partial charge is 0.481 e. The normalized spacial score (nSPS) is 25.2. The maximum absolute atomic E-state index is 12.3.